The Kier molecular flexibility index (Phi) is 6.55. The lowest BCUT2D eigenvalue weighted by molar-refractivity contribution is -0.118. The molecule has 158 valence electrons. The van der Waals surface area contributed by atoms with Gasteiger partial charge in [-0.3, -0.25) is 14.2 Å². The number of rotatable bonds is 7. The number of nitrogens with zero attached hydrogens (tertiary/aromatic N) is 2. The van der Waals surface area contributed by atoms with Crippen LogP contribution in [0.5, 0.6) is 0 Å². The molecule has 1 aliphatic carbocycles. The number of fused-ring (bicyclic) bond motifs is 3. The van der Waals surface area contributed by atoms with E-state index in [0.29, 0.717) is 18.3 Å². The molecule has 1 amide bonds. The van der Waals surface area contributed by atoms with Gasteiger partial charge in [0.25, 0.3) is 5.56 Å². The van der Waals surface area contributed by atoms with Crippen molar-refractivity contribution in [1.82, 2.24) is 14.9 Å². The molecule has 0 spiro atoms. The number of amides is 1. The Bertz CT molecular complexity index is 1140. The third-order valence-corrected chi connectivity index (χ3v) is 7.50. The summed E-state index contributed by atoms with van der Waals surface area (Å²) in [5.74, 6) is 0.131. The molecule has 0 unspecified atom stereocenters. The number of carbonyl (C=O) groups excluding carboxylic acids is 1. The molecule has 0 saturated heterocycles. The van der Waals surface area contributed by atoms with E-state index in [-0.39, 0.29) is 17.2 Å². The van der Waals surface area contributed by atoms with Crippen molar-refractivity contribution in [3.05, 3.63) is 56.2 Å². The van der Waals surface area contributed by atoms with E-state index in [2.05, 4.69) is 5.32 Å². The van der Waals surface area contributed by atoms with E-state index in [1.165, 1.54) is 28.6 Å². The predicted molar refractivity (Wildman–Crippen MR) is 121 cm³/mol. The molecule has 0 bridgehead atoms. The van der Waals surface area contributed by atoms with Gasteiger partial charge in [-0.25, -0.2) is 4.98 Å². The standard InChI is InChI=1S/C22H25N3O3S2/c1-25-21(27)19-16-8-3-4-9-17(16)30-20(19)24-22(25)29-13-18(26)23-11-14-6-5-7-15(10-14)12-28-2/h5-7,10H,3-4,8-9,11-13H2,1-2H3,(H,23,26). The number of aryl methyl sites for hydroxylation is 2. The molecule has 8 heteroatoms. The summed E-state index contributed by atoms with van der Waals surface area (Å²) in [6.45, 7) is 1.01. The normalized spacial score (nSPS) is 13.4. The first-order valence-corrected chi connectivity index (χ1v) is 11.8. The summed E-state index contributed by atoms with van der Waals surface area (Å²) in [5.41, 5.74) is 3.29. The van der Waals surface area contributed by atoms with Gasteiger partial charge in [0, 0.05) is 25.6 Å². The van der Waals surface area contributed by atoms with Crippen molar-refractivity contribution in [2.45, 2.75) is 44.0 Å². The van der Waals surface area contributed by atoms with Crippen molar-refractivity contribution >= 4 is 39.2 Å². The maximum Gasteiger partial charge on any atom is 0.262 e. The molecule has 0 aliphatic heterocycles. The molecule has 0 saturated carbocycles. The summed E-state index contributed by atoms with van der Waals surface area (Å²) >= 11 is 2.94. The topological polar surface area (TPSA) is 73.2 Å². The lowest BCUT2D eigenvalue weighted by atomic mass is 9.97. The van der Waals surface area contributed by atoms with Crippen LogP contribution in [0.25, 0.3) is 10.2 Å². The van der Waals surface area contributed by atoms with Crippen molar-refractivity contribution in [1.29, 1.82) is 0 Å². The van der Waals surface area contributed by atoms with Gasteiger partial charge < -0.3 is 10.1 Å². The molecule has 4 rings (SSSR count). The molecule has 0 fully saturated rings. The van der Waals surface area contributed by atoms with Crippen LogP contribution in [-0.4, -0.2) is 28.3 Å². The Labute approximate surface area is 183 Å². The molecule has 30 heavy (non-hydrogen) atoms. The average Bonchev–Trinajstić information content (AvgIpc) is 3.13. The number of benzene rings is 1. The number of carbonyl (C=O) groups is 1. The van der Waals surface area contributed by atoms with Gasteiger partial charge in [0.05, 0.1) is 17.7 Å². The Hall–Kier alpha value is -2.16. The highest BCUT2D eigenvalue weighted by atomic mass is 32.2. The fourth-order valence-electron chi connectivity index (χ4n) is 3.77. The Morgan fingerprint density at radius 3 is 2.93 bits per heavy atom. The summed E-state index contributed by atoms with van der Waals surface area (Å²) in [5, 5.41) is 4.30. The molecule has 1 N–H and O–H groups in total. The second-order valence-electron chi connectivity index (χ2n) is 7.47. The smallest absolute Gasteiger partial charge is 0.262 e. The third kappa shape index (κ3) is 4.45. The van der Waals surface area contributed by atoms with Crippen molar-refractivity contribution in [3.8, 4) is 0 Å². The van der Waals surface area contributed by atoms with Gasteiger partial charge in [-0.15, -0.1) is 11.3 Å². The number of hydrogen-bond acceptors (Lipinski definition) is 6. The first-order valence-electron chi connectivity index (χ1n) is 10.0. The van der Waals surface area contributed by atoms with E-state index in [0.717, 1.165) is 40.6 Å². The first kappa shape index (κ1) is 21.1. The minimum Gasteiger partial charge on any atom is -0.380 e. The second kappa shape index (κ2) is 9.32. The first-order chi connectivity index (χ1) is 14.6. The van der Waals surface area contributed by atoms with Crippen LogP contribution < -0.4 is 10.9 Å². The van der Waals surface area contributed by atoms with E-state index in [9.17, 15) is 9.59 Å². The molecule has 3 aromatic rings. The molecule has 2 heterocycles. The second-order valence-corrected chi connectivity index (χ2v) is 9.49. The van der Waals surface area contributed by atoms with Crippen LogP contribution >= 0.6 is 23.1 Å². The number of thiophene rings is 1. The lowest BCUT2D eigenvalue weighted by Crippen LogP contribution is -2.26. The minimum atomic E-state index is -0.0861. The van der Waals surface area contributed by atoms with Gasteiger partial charge in [0.1, 0.15) is 4.83 Å². The van der Waals surface area contributed by atoms with Crippen LogP contribution in [0.3, 0.4) is 0 Å². The van der Waals surface area contributed by atoms with Crippen LogP contribution in [0.2, 0.25) is 0 Å². The van der Waals surface area contributed by atoms with Gasteiger partial charge in [-0.2, -0.15) is 0 Å². The monoisotopic (exact) mass is 443 g/mol. The Morgan fingerprint density at radius 2 is 2.10 bits per heavy atom. The number of thioether (sulfide) groups is 1. The van der Waals surface area contributed by atoms with Crippen molar-refractivity contribution < 1.29 is 9.53 Å². The zero-order valence-corrected chi connectivity index (χ0v) is 18.8. The van der Waals surface area contributed by atoms with E-state index >= 15 is 0 Å². The van der Waals surface area contributed by atoms with Crippen molar-refractivity contribution in [2.75, 3.05) is 12.9 Å². The number of aromatic nitrogens is 2. The maximum absolute atomic E-state index is 12.9. The number of methoxy groups -OCH3 is 1. The van der Waals surface area contributed by atoms with Gasteiger partial charge in [-0.1, -0.05) is 36.0 Å². The zero-order chi connectivity index (χ0) is 21.1. The highest BCUT2D eigenvalue weighted by Crippen LogP contribution is 2.34. The Balaban J connectivity index is 1.42. The van der Waals surface area contributed by atoms with Crippen molar-refractivity contribution in [3.63, 3.8) is 0 Å². The van der Waals surface area contributed by atoms with Gasteiger partial charge in [-0.05, 0) is 42.4 Å². The number of nitrogens with one attached hydrogen (secondary N) is 1. The summed E-state index contributed by atoms with van der Waals surface area (Å²) in [6.07, 6.45) is 4.31. The van der Waals surface area contributed by atoms with Crippen LogP contribution in [0.1, 0.15) is 34.4 Å². The molecule has 1 aliphatic rings. The third-order valence-electron chi connectivity index (χ3n) is 5.28. The number of ether oxygens (including phenoxy) is 1. The van der Waals surface area contributed by atoms with Gasteiger partial charge in [0.2, 0.25) is 5.91 Å². The van der Waals surface area contributed by atoms with E-state index in [4.69, 9.17) is 9.72 Å². The summed E-state index contributed by atoms with van der Waals surface area (Å²) in [6, 6.07) is 7.95. The fraction of sp³-hybridized carbons (Fsp3) is 0.409. The molecule has 0 atom stereocenters. The fourth-order valence-corrected chi connectivity index (χ4v) is 5.88. The van der Waals surface area contributed by atoms with Crippen LogP contribution in [0.15, 0.2) is 34.2 Å². The average molecular weight is 444 g/mol. The molecule has 6 nitrogen and oxygen atoms in total. The van der Waals surface area contributed by atoms with E-state index in [1.54, 1.807) is 30.1 Å². The Morgan fingerprint density at radius 1 is 1.30 bits per heavy atom. The van der Waals surface area contributed by atoms with Gasteiger partial charge >= 0.3 is 0 Å². The SMILES string of the molecule is COCc1cccc(CNC(=O)CSc2nc3sc4c(c3c(=O)n2C)CCCC4)c1. The molecule has 0 radical (unpaired) electrons. The molecule has 2 aromatic heterocycles. The number of hydrogen-bond donors (Lipinski definition) is 1. The van der Waals surface area contributed by atoms with E-state index in [1.807, 2.05) is 24.3 Å². The predicted octanol–water partition coefficient (Wildman–Crippen LogP) is 3.43. The highest BCUT2D eigenvalue weighted by Gasteiger charge is 2.21. The summed E-state index contributed by atoms with van der Waals surface area (Å²) in [4.78, 5) is 32.1. The summed E-state index contributed by atoms with van der Waals surface area (Å²) < 4.78 is 6.73. The largest absolute Gasteiger partial charge is 0.380 e. The lowest BCUT2D eigenvalue weighted by Gasteiger charge is -2.11. The zero-order valence-electron chi connectivity index (χ0n) is 17.2. The summed E-state index contributed by atoms with van der Waals surface area (Å²) in [7, 11) is 3.40. The van der Waals surface area contributed by atoms with E-state index < -0.39 is 0 Å². The quantitative estimate of drug-likeness (QED) is 0.447. The maximum atomic E-state index is 12.9. The van der Waals surface area contributed by atoms with Crippen molar-refractivity contribution in [2.24, 2.45) is 7.05 Å². The molecule has 1 aromatic carbocycles. The molecular formula is C22H25N3O3S2. The minimum absolute atomic E-state index is 0.00253. The highest BCUT2D eigenvalue weighted by molar-refractivity contribution is 7.99. The molecular weight excluding hydrogens is 418 g/mol. The van der Waals surface area contributed by atoms with Crippen LogP contribution in [-0.2, 0) is 42.6 Å². The van der Waals surface area contributed by atoms with Crippen LogP contribution in [0, 0.1) is 0 Å². The van der Waals surface area contributed by atoms with Crippen LogP contribution in [0.4, 0.5) is 0 Å². The van der Waals surface area contributed by atoms with Gasteiger partial charge in [0.15, 0.2) is 5.16 Å².